The molecule has 0 spiro atoms. The number of benzene rings is 1. The molecule has 3 rings (SSSR count). The van der Waals surface area contributed by atoms with Crippen molar-refractivity contribution in [2.45, 2.75) is 30.2 Å². The van der Waals surface area contributed by atoms with Crippen molar-refractivity contribution < 1.29 is 13.2 Å². The molecular weight excluding hydrogens is 352 g/mol. The number of fused-ring (bicyclic) bond motifs is 1. The van der Waals surface area contributed by atoms with Gasteiger partial charge in [-0.3, -0.25) is 14.5 Å². The lowest BCUT2D eigenvalue weighted by molar-refractivity contribution is -0.121. The van der Waals surface area contributed by atoms with Crippen LogP contribution in [0.25, 0.3) is 0 Å². The standard InChI is InChI=1S/C15H20N4O3S.ClH/c20-14(18-11-7-9-16-10-11)6-3-8-17-15-12-4-1-2-5-13(12)23(21,22)19-15;/h1-2,4-5,11,16H,3,6-10H2,(H,17,19)(H,18,20);1H. The minimum Gasteiger partial charge on any atom is -0.352 e. The minimum absolute atomic E-state index is 0. The second-order valence-corrected chi connectivity index (χ2v) is 7.34. The molecule has 9 heteroatoms. The van der Waals surface area contributed by atoms with Crippen molar-refractivity contribution in [2.24, 2.45) is 4.99 Å². The van der Waals surface area contributed by atoms with Crippen LogP contribution in [0.5, 0.6) is 0 Å². The zero-order chi connectivity index (χ0) is 16.3. The third-order valence-corrected chi connectivity index (χ3v) is 5.32. The van der Waals surface area contributed by atoms with Crippen molar-refractivity contribution in [1.82, 2.24) is 15.4 Å². The minimum atomic E-state index is -3.49. The molecule has 1 unspecified atom stereocenters. The Hall–Kier alpha value is -1.64. The van der Waals surface area contributed by atoms with Crippen molar-refractivity contribution in [3.05, 3.63) is 29.8 Å². The molecule has 1 amide bonds. The van der Waals surface area contributed by atoms with Gasteiger partial charge in [0.05, 0.1) is 4.90 Å². The summed E-state index contributed by atoms with van der Waals surface area (Å²) in [4.78, 5) is 16.4. The molecule has 7 nitrogen and oxygen atoms in total. The zero-order valence-corrected chi connectivity index (χ0v) is 14.8. The van der Waals surface area contributed by atoms with Crippen LogP contribution in [-0.4, -0.2) is 45.8 Å². The van der Waals surface area contributed by atoms with E-state index in [0.717, 1.165) is 19.5 Å². The number of amidine groups is 1. The average molecular weight is 373 g/mol. The number of rotatable bonds is 5. The first kappa shape index (κ1) is 18.7. The van der Waals surface area contributed by atoms with Gasteiger partial charge in [0.15, 0.2) is 0 Å². The van der Waals surface area contributed by atoms with E-state index in [2.05, 4.69) is 20.3 Å². The van der Waals surface area contributed by atoms with Crippen molar-refractivity contribution in [1.29, 1.82) is 0 Å². The number of nitrogens with one attached hydrogen (secondary N) is 3. The lowest BCUT2D eigenvalue weighted by atomic mass is 10.2. The number of carbonyl (C=O) groups excluding carboxylic acids is 1. The molecule has 0 saturated carbocycles. The molecule has 1 fully saturated rings. The van der Waals surface area contributed by atoms with Crippen LogP contribution in [0.2, 0.25) is 0 Å². The van der Waals surface area contributed by atoms with Gasteiger partial charge in [-0.05, 0) is 31.5 Å². The first-order chi connectivity index (χ1) is 11.1. The SMILES string of the molecule is Cl.O=C(CCCN=C1NS(=O)(=O)c2ccccc21)NC1CCNC1. The highest BCUT2D eigenvalue weighted by Crippen LogP contribution is 2.22. The quantitative estimate of drug-likeness (QED) is 0.651. The maximum Gasteiger partial charge on any atom is 0.263 e. The van der Waals surface area contributed by atoms with Crippen LogP contribution in [0, 0.1) is 0 Å². The summed E-state index contributed by atoms with van der Waals surface area (Å²) >= 11 is 0. The largest absolute Gasteiger partial charge is 0.352 e. The summed E-state index contributed by atoms with van der Waals surface area (Å²) in [6.45, 7) is 2.17. The number of aliphatic imine (C=N–C) groups is 1. The number of halogens is 1. The Morgan fingerprint density at radius 1 is 1.33 bits per heavy atom. The van der Waals surface area contributed by atoms with Crippen LogP contribution in [0.4, 0.5) is 0 Å². The molecule has 1 aromatic carbocycles. The highest BCUT2D eigenvalue weighted by Gasteiger charge is 2.29. The summed E-state index contributed by atoms with van der Waals surface area (Å²) in [5, 5.41) is 6.17. The van der Waals surface area contributed by atoms with Crippen LogP contribution >= 0.6 is 12.4 Å². The fraction of sp³-hybridized carbons (Fsp3) is 0.467. The fourth-order valence-electron chi connectivity index (χ4n) is 2.76. The highest BCUT2D eigenvalue weighted by atomic mass is 35.5. The topological polar surface area (TPSA) is 99.7 Å². The highest BCUT2D eigenvalue weighted by molar-refractivity contribution is 7.90. The first-order valence-corrected chi connectivity index (χ1v) is 9.21. The van der Waals surface area contributed by atoms with Gasteiger partial charge < -0.3 is 10.6 Å². The van der Waals surface area contributed by atoms with Crippen LogP contribution in [0.3, 0.4) is 0 Å². The van der Waals surface area contributed by atoms with Gasteiger partial charge in [0.1, 0.15) is 5.84 Å². The second-order valence-electron chi connectivity index (χ2n) is 5.69. The van der Waals surface area contributed by atoms with Gasteiger partial charge in [0.2, 0.25) is 5.91 Å². The van der Waals surface area contributed by atoms with E-state index in [-0.39, 0.29) is 29.3 Å². The van der Waals surface area contributed by atoms with Crippen LogP contribution in [0.1, 0.15) is 24.8 Å². The van der Waals surface area contributed by atoms with Gasteiger partial charge in [0, 0.05) is 31.1 Å². The van der Waals surface area contributed by atoms with Crippen LogP contribution < -0.4 is 15.4 Å². The van der Waals surface area contributed by atoms with Gasteiger partial charge in [-0.25, -0.2) is 8.42 Å². The van der Waals surface area contributed by atoms with Gasteiger partial charge >= 0.3 is 0 Å². The van der Waals surface area contributed by atoms with E-state index in [1.807, 2.05) is 0 Å². The van der Waals surface area contributed by atoms with E-state index in [1.54, 1.807) is 24.3 Å². The zero-order valence-electron chi connectivity index (χ0n) is 13.1. The molecule has 0 aliphatic carbocycles. The summed E-state index contributed by atoms with van der Waals surface area (Å²) in [5.74, 6) is 0.382. The third kappa shape index (κ3) is 4.25. The third-order valence-electron chi connectivity index (χ3n) is 3.92. The molecular formula is C15H21ClN4O3S. The van der Waals surface area contributed by atoms with E-state index >= 15 is 0 Å². The lowest BCUT2D eigenvalue weighted by Gasteiger charge is -2.10. The Morgan fingerprint density at radius 3 is 2.88 bits per heavy atom. The number of nitrogens with zero attached hydrogens (tertiary/aromatic N) is 1. The monoisotopic (exact) mass is 372 g/mol. The van der Waals surface area contributed by atoms with Crippen molar-refractivity contribution in [2.75, 3.05) is 19.6 Å². The summed E-state index contributed by atoms with van der Waals surface area (Å²) in [7, 11) is -3.49. The van der Waals surface area contributed by atoms with Gasteiger partial charge in [0.25, 0.3) is 10.0 Å². The predicted octanol–water partition coefficient (Wildman–Crippen LogP) is 0.405. The summed E-state index contributed by atoms with van der Waals surface area (Å²) in [6, 6.07) is 6.97. The van der Waals surface area contributed by atoms with Crippen LogP contribution in [-0.2, 0) is 14.8 Å². The molecule has 3 N–H and O–H groups in total. The predicted molar refractivity (Wildman–Crippen MR) is 94.1 cm³/mol. The van der Waals surface area contributed by atoms with E-state index in [0.29, 0.717) is 30.8 Å². The molecule has 24 heavy (non-hydrogen) atoms. The molecule has 2 aliphatic rings. The molecule has 1 saturated heterocycles. The van der Waals surface area contributed by atoms with Crippen LogP contribution in [0.15, 0.2) is 34.2 Å². The number of hydrogen-bond acceptors (Lipinski definition) is 5. The molecule has 1 aromatic rings. The Kier molecular flexibility index (Phi) is 6.20. The Morgan fingerprint density at radius 2 is 2.12 bits per heavy atom. The molecule has 0 bridgehead atoms. The number of amides is 1. The van der Waals surface area contributed by atoms with E-state index in [1.165, 1.54) is 0 Å². The van der Waals surface area contributed by atoms with Gasteiger partial charge in [-0.15, -0.1) is 12.4 Å². The van der Waals surface area contributed by atoms with Crippen molar-refractivity contribution in [3.63, 3.8) is 0 Å². The Labute approximate surface area is 147 Å². The maximum atomic E-state index is 11.9. The molecule has 132 valence electrons. The van der Waals surface area contributed by atoms with Crippen molar-refractivity contribution >= 4 is 34.2 Å². The first-order valence-electron chi connectivity index (χ1n) is 7.73. The van der Waals surface area contributed by atoms with E-state index in [9.17, 15) is 13.2 Å². The number of carbonyl (C=O) groups is 1. The molecule has 0 radical (unpaired) electrons. The second kappa shape index (κ2) is 7.96. The van der Waals surface area contributed by atoms with Gasteiger partial charge in [-0.1, -0.05) is 12.1 Å². The van der Waals surface area contributed by atoms with Crippen molar-refractivity contribution in [3.8, 4) is 0 Å². The lowest BCUT2D eigenvalue weighted by Crippen LogP contribution is -2.36. The molecule has 0 aromatic heterocycles. The normalized spacial score (nSPS) is 22.5. The summed E-state index contributed by atoms with van der Waals surface area (Å²) in [5.41, 5.74) is 0.592. The molecule has 1 atom stereocenters. The number of hydrogen-bond donors (Lipinski definition) is 3. The smallest absolute Gasteiger partial charge is 0.263 e. The van der Waals surface area contributed by atoms with Gasteiger partial charge in [-0.2, -0.15) is 0 Å². The Balaban J connectivity index is 0.00000208. The summed E-state index contributed by atoms with van der Waals surface area (Å²) < 4.78 is 26.3. The molecule has 2 heterocycles. The number of sulfonamides is 1. The fourth-order valence-corrected chi connectivity index (χ4v) is 4.01. The maximum absolute atomic E-state index is 11.9. The Bertz CT molecular complexity index is 730. The van der Waals surface area contributed by atoms with E-state index < -0.39 is 10.0 Å². The summed E-state index contributed by atoms with van der Waals surface area (Å²) in [6.07, 6.45) is 1.94. The van der Waals surface area contributed by atoms with E-state index in [4.69, 9.17) is 0 Å². The average Bonchev–Trinajstić information content (AvgIpc) is 3.11. The molecule has 2 aliphatic heterocycles.